The monoisotopic (exact) mass is 258 g/mol. The number of hydrogen-bond acceptors (Lipinski definition) is 1. The van der Waals surface area contributed by atoms with E-state index in [1.165, 1.54) is 44.9 Å². The highest BCUT2D eigenvalue weighted by molar-refractivity contribution is 8.31. The minimum Gasteiger partial charge on any atom is -0.156 e. The van der Waals surface area contributed by atoms with Crippen molar-refractivity contribution in [1.82, 2.24) is 0 Å². The Balaban J connectivity index is 4.10. The molecule has 0 heterocycles. The van der Waals surface area contributed by atoms with Gasteiger partial charge in [-0.05, 0) is 24.2 Å². The Morgan fingerprint density at radius 1 is 1.00 bits per heavy atom. The Morgan fingerprint density at radius 3 is 2.12 bits per heavy atom. The summed E-state index contributed by atoms with van der Waals surface area (Å²) >= 11 is 2.20. The van der Waals surface area contributed by atoms with Crippen molar-refractivity contribution in [1.29, 1.82) is 0 Å². The quantitative estimate of drug-likeness (QED) is 0.350. The third-order valence-corrected chi connectivity index (χ3v) is 6.26. The van der Waals surface area contributed by atoms with Crippen LogP contribution in [0.3, 0.4) is 0 Å². The molecule has 0 spiro atoms. The Bertz CT molecular complexity index is 191. The molecule has 0 aromatic rings. The van der Waals surface area contributed by atoms with Crippen LogP contribution in [0.5, 0.6) is 0 Å². The molecule has 0 saturated carbocycles. The second-order valence-electron chi connectivity index (χ2n) is 5.48. The van der Waals surface area contributed by atoms with Crippen molar-refractivity contribution < 1.29 is 0 Å². The molecule has 0 aliphatic rings. The predicted octanol–water partition coefficient (Wildman–Crippen LogP) is 6.21. The Morgan fingerprint density at radius 2 is 1.62 bits per heavy atom. The van der Waals surface area contributed by atoms with Crippen molar-refractivity contribution in [2.24, 2.45) is 0 Å². The highest BCUT2D eigenvalue weighted by Gasteiger charge is 2.15. The van der Waals surface area contributed by atoms with E-state index in [2.05, 4.69) is 50.8 Å². The maximum Gasteiger partial charge on any atom is 0.114 e. The molecule has 0 atom stereocenters. The third-order valence-electron chi connectivity index (χ3n) is 2.39. The molecule has 0 aliphatic heterocycles. The highest BCUT2D eigenvalue weighted by atomic mass is 32.4. The van der Waals surface area contributed by atoms with E-state index in [0.717, 1.165) is 0 Å². The smallest absolute Gasteiger partial charge is 0.114 e. The van der Waals surface area contributed by atoms with E-state index in [0.29, 0.717) is 0 Å². The molecule has 0 aromatic carbocycles. The van der Waals surface area contributed by atoms with Gasteiger partial charge in [0.05, 0.1) is 0 Å². The van der Waals surface area contributed by atoms with Crippen LogP contribution in [0.25, 0.3) is 0 Å². The van der Waals surface area contributed by atoms with Crippen molar-refractivity contribution in [2.75, 3.05) is 0 Å². The van der Waals surface area contributed by atoms with Crippen LogP contribution in [0.15, 0.2) is 11.0 Å². The van der Waals surface area contributed by atoms with E-state index >= 15 is 0 Å². The fourth-order valence-corrected chi connectivity index (χ4v) is 5.75. The zero-order chi connectivity index (χ0) is 12.4. The van der Waals surface area contributed by atoms with Gasteiger partial charge in [0.2, 0.25) is 0 Å². The van der Waals surface area contributed by atoms with Crippen LogP contribution in [0, 0.1) is 0 Å². The zero-order valence-electron chi connectivity index (χ0n) is 11.9. The zero-order valence-corrected chi connectivity index (χ0v) is 13.8. The maximum atomic E-state index is 2.52. The molecule has 96 valence electrons. The number of hydrogen-bond donors (Lipinski definition) is 0. The van der Waals surface area contributed by atoms with Gasteiger partial charge in [-0.3, -0.25) is 0 Å². The highest BCUT2D eigenvalue weighted by Crippen LogP contribution is 2.32. The first-order valence-corrected chi connectivity index (χ1v) is 11.9. The molecule has 0 radical (unpaired) electrons. The van der Waals surface area contributed by atoms with Gasteiger partial charge in [-0.1, -0.05) is 65.2 Å². The summed E-state index contributed by atoms with van der Waals surface area (Å²) in [6.07, 6.45) is 11.9. The summed E-state index contributed by atoms with van der Waals surface area (Å²) in [5.41, 5.74) is 0. The third kappa shape index (κ3) is 10.8. The summed E-state index contributed by atoms with van der Waals surface area (Å²) in [4.78, 5) is 1.68. The average molecular weight is 259 g/mol. The van der Waals surface area contributed by atoms with Crippen molar-refractivity contribution >= 4 is 18.4 Å². The lowest BCUT2D eigenvalue weighted by molar-refractivity contribution is 0.722. The lowest BCUT2D eigenvalue weighted by atomic mass is 10.1. The van der Waals surface area contributed by atoms with Crippen LogP contribution >= 0.6 is 11.2 Å². The first-order chi connectivity index (χ1) is 7.49. The SMILES string of the molecule is CCCC/C=C(/CCCCC)S[Si](C)(C)C. The topological polar surface area (TPSA) is 0 Å². The molecule has 16 heavy (non-hydrogen) atoms. The molecule has 0 fully saturated rings. The molecule has 0 N–H and O–H groups in total. The van der Waals surface area contributed by atoms with E-state index in [9.17, 15) is 0 Å². The minimum atomic E-state index is -0.992. The first-order valence-electron chi connectivity index (χ1n) is 6.87. The summed E-state index contributed by atoms with van der Waals surface area (Å²) < 4.78 is 0. The summed E-state index contributed by atoms with van der Waals surface area (Å²) in [6, 6.07) is 0. The second-order valence-corrected chi connectivity index (χ2v) is 14.7. The number of unbranched alkanes of at least 4 members (excludes halogenated alkanes) is 4. The van der Waals surface area contributed by atoms with Gasteiger partial charge in [0.1, 0.15) is 7.22 Å². The predicted molar refractivity (Wildman–Crippen MR) is 82.7 cm³/mol. The van der Waals surface area contributed by atoms with Gasteiger partial charge in [-0.2, -0.15) is 11.2 Å². The largest absolute Gasteiger partial charge is 0.156 e. The standard InChI is InChI=1S/C14H30SSi/c1-6-8-10-12-14(13-11-9-7-2)15-16(3,4)5/h12H,6-11,13H2,1-5H3/b14-12-. The van der Waals surface area contributed by atoms with Gasteiger partial charge in [0.15, 0.2) is 0 Å². The fraction of sp³-hybridized carbons (Fsp3) is 0.857. The van der Waals surface area contributed by atoms with Crippen molar-refractivity contribution in [3.63, 3.8) is 0 Å². The van der Waals surface area contributed by atoms with Crippen LogP contribution in [-0.2, 0) is 0 Å². The van der Waals surface area contributed by atoms with Gasteiger partial charge < -0.3 is 0 Å². The minimum absolute atomic E-state index is 0.992. The summed E-state index contributed by atoms with van der Waals surface area (Å²) in [5, 5.41) is 0. The number of allylic oxidation sites excluding steroid dienone is 2. The molecule has 0 amide bonds. The van der Waals surface area contributed by atoms with E-state index < -0.39 is 7.22 Å². The van der Waals surface area contributed by atoms with Gasteiger partial charge in [-0.25, -0.2) is 0 Å². The van der Waals surface area contributed by atoms with Gasteiger partial charge in [-0.15, -0.1) is 0 Å². The molecule has 0 aromatic heterocycles. The molecule has 0 bridgehead atoms. The summed E-state index contributed by atoms with van der Waals surface area (Å²) in [5.74, 6) is 0. The van der Waals surface area contributed by atoms with Gasteiger partial charge >= 0.3 is 0 Å². The van der Waals surface area contributed by atoms with Crippen LogP contribution < -0.4 is 0 Å². The normalized spacial score (nSPS) is 13.2. The van der Waals surface area contributed by atoms with Crippen molar-refractivity contribution in [3.8, 4) is 0 Å². The lowest BCUT2D eigenvalue weighted by Gasteiger charge is -2.18. The van der Waals surface area contributed by atoms with Crippen molar-refractivity contribution in [3.05, 3.63) is 11.0 Å². The van der Waals surface area contributed by atoms with Gasteiger partial charge in [0.25, 0.3) is 0 Å². The molecule has 2 heteroatoms. The van der Waals surface area contributed by atoms with E-state index in [-0.39, 0.29) is 0 Å². The molecular weight excluding hydrogens is 228 g/mol. The van der Waals surface area contributed by atoms with Gasteiger partial charge in [0, 0.05) is 0 Å². The maximum absolute atomic E-state index is 2.52. The molecule has 0 nitrogen and oxygen atoms in total. The lowest BCUT2D eigenvalue weighted by Crippen LogP contribution is -2.14. The second kappa shape index (κ2) is 9.35. The van der Waals surface area contributed by atoms with Crippen LogP contribution in [0.4, 0.5) is 0 Å². The van der Waals surface area contributed by atoms with E-state index in [1.807, 2.05) is 0 Å². The van der Waals surface area contributed by atoms with Crippen molar-refractivity contribution in [2.45, 2.75) is 78.4 Å². The summed E-state index contributed by atoms with van der Waals surface area (Å²) in [6.45, 7) is 11.9. The van der Waals surface area contributed by atoms with E-state index in [1.54, 1.807) is 4.91 Å². The molecule has 0 rings (SSSR count). The Kier molecular flexibility index (Phi) is 9.53. The first kappa shape index (κ1) is 16.3. The van der Waals surface area contributed by atoms with Crippen LogP contribution in [0.1, 0.15) is 58.8 Å². The average Bonchev–Trinajstić information content (AvgIpc) is 2.16. The summed E-state index contributed by atoms with van der Waals surface area (Å²) in [7, 11) is -0.992. The fourth-order valence-electron chi connectivity index (χ4n) is 1.60. The van der Waals surface area contributed by atoms with Crippen LogP contribution in [0.2, 0.25) is 19.6 Å². The molecule has 0 aliphatic carbocycles. The molecule has 0 saturated heterocycles. The van der Waals surface area contributed by atoms with Crippen LogP contribution in [-0.4, -0.2) is 7.22 Å². The Labute approximate surface area is 108 Å². The van der Waals surface area contributed by atoms with E-state index in [4.69, 9.17) is 0 Å². The molecule has 0 unspecified atom stereocenters. The Hall–Kier alpha value is 0.307. The molecular formula is C14H30SSi. The number of rotatable bonds is 9.